The molecule has 0 saturated heterocycles. The second-order valence-corrected chi connectivity index (χ2v) is 9.73. The van der Waals surface area contributed by atoms with E-state index in [4.69, 9.17) is 0 Å². The van der Waals surface area contributed by atoms with Gasteiger partial charge in [-0.2, -0.15) is 0 Å². The van der Waals surface area contributed by atoms with Gasteiger partial charge in [-0.3, -0.25) is 4.79 Å². The van der Waals surface area contributed by atoms with Crippen LogP contribution < -0.4 is 5.32 Å². The molecule has 0 atom stereocenters. The summed E-state index contributed by atoms with van der Waals surface area (Å²) in [7, 11) is -0.527. The molecule has 130 valence electrons. The predicted molar refractivity (Wildman–Crippen MR) is 96.1 cm³/mol. The largest absolute Gasteiger partial charge is 0.321 e. The van der Waals surface area contributed by atoms with E-state index in [-0.39, 0.29) is 16.2 Å². The van der Waals surface area contributed by atoms with Crippen molar-refractivity contribution in [2.45, 2.75) is 31.1 Å². The summed E-state index contributed by atoms with van der Waals surface area (Å²) in [6.07, 6.45) is 1.56. The van der Waals surface area contributed by atoms with Crippen LogP contribution in [0.15, 0.2) is 35.4 Å². The lowest BCUT2D eigenvalue weighted by Crippen LogP contribution is -2.22. The summed E-state index contributed by atoms with van der Waals surface area (Å²) in [5.74, 6) is -0.258. The summed E-state index contributed by atoms with van der Waals surface area (Å²) < 4.78 is 25.2. The van der Waals surface area contributed by atoms with Gasteiger partial charge in [0.1, 0.15) is 4.88 Å². The maximum absolute atomic E-state index is 12.3. The Hall–Kier alpha value is -1.77. The monoisotopic (exact) mass is 367 g/mol. The first kappa shape index (κ1) is 18.6. The number of aromatic nitrogens is 1. The van der Waals surface area contributed by atoms with Gasteiger partial charge in [-0.1, -0.05) is 20.8 Å². The van der Waals surface area contributed by atoms with Gasteiger partial charge < -0.3 is 5.32 Å². The Morgan fingerprint density at radius 2 is 1.75 bits per heavy atom. The van der Waals surface area contributed by atoms with Gasteiger partial charge >= 0.3 is 0 Å². The quantitative estimate of drug-likeness (QED) is 0.901. The molecule has 0 fully saturated rings. The molecular weight excluding hydrogens is 346 g/mol. The van der Waals surface area contributed by atoms with Crippen molar-refractivity contribution >= 4 is 33.0 Å². The van der Waals surface area contributed by atoms with E-state index in [0.717, 1.165) is 9.31 Å². The molecule has 1 amide bonds. The van der Waals surface area contributed by atoms with Crippen LogP contribution in [0.5, 0.6) is 0 Å². The van der Waals surface area contributed by atoms with Crippen LogP contribution in [0.1, 0.15) is 35.5 Å². The number of benzene rings is 1. The molecular formula is C16H21N3O3S2. The minimum atomic E-state index is -3.47. The van der Waals surface area contributed by atoms with Crippen molar-refractivity contribution < 1.29 is 13.2 Å². The van der Waals surface area contributed by atoms with Gasteiger partial charge in [0.25, 0.3) is 5.91 Å². The van der Waals surface area contributed by atoms with Crippen LogP contribution in [0.2, 0.25) is 0 Å². The summed E-state index contributed by atoms with van der Waals surface area (Å²) in [6, 6.07) is 6.08. The lowest BCUT2D eigenvalue weighted by molar-refractivity contribution is 0.103. The van der Waals surface area contributed by atoms with Crippen molar-refractivity contribution in [1.29, 1.82) is 0 Å². The van der Waals surface area contributed by atoms with Gasteiger partial charge in [0.05, 0.1) is 16.1 Å². The predicted octanol–water partition coefficient (Wildman–Crippen LogP) is 2.94. The number of amides is 1. The molecule has 1 N–H and O–H groups in total. The van der Waals surface area contributed by atoms with E-state index < -0.39 is 10.0 Å². The van der Waals surface area contributed by atoms with E-state index in [1.807, 2.05) is 20.8 Å². The summed E-state index contributed by atoms with van der Waals surface area (Å²) in [5, 5.41) is 3.64. The lowest BCUT2D eigenvalue weighted by Gasteiger charge is -2.13. The summed E-state index contributed by atoms with van der Waals surface area (Å²) in [6.45, 7) is 6.12. The number of thiazole rings is 1. The molecule has 2 rings (SSSR count). The average molecular weight is 367 g/mol. The SMILES string of the molecule is CN(C)S(=O)(=O)c1ccc(NC(=O)c2cnc(C(C)(C)C)s2)cc1. The van der Waals surface area contributed by atoms with Crippen molar-refractivity contribution in [2.75, 3.05) is 19.4 Å². The second-order valence-electron chi connectivity index (χ2n) is 6.55. The Balaban J connectivity index is 2.14. The average Bonchev–Trinajstić information content (AvgIpc) is 2.97. The van der Waals surface area contributed by atoms with Gasteiger partial charge in [-0.25, -0.2) is 17.7 Å². The molecule has 0 unspecified atom stereocenters. The minimum Gasteiger partial charge on any atom is -0.321 e. The van der Waals surface area contributed by atoms with Crippen LogP contribution in [-0.4, -0.2) is 37.7 Å². The molecule has 8 heteroatoms. The fourth-order valence-electron chi connectivity index (χ4n) is 1.84. The highest BCUT2D eigenvalue weighted by atomic mass is 32.2. The van der Waals surface area contributed by atoms with Crippen molar-refractivity contribution in [3.63, 3.8) is 0 Å². The molecule has 0 spiro atoms. The smallest absolute Gasteiger partial charge is 0.267 e. The van der Waals surface area contributed by atoms with E-state index in [9.17, 15) is 13.2 Å². The van der Waals surface area contributed by atoms with E-state index in [2.05, 4.69) is 10.3 Å². The van der Waals surface area contributed by atoms with Crippen LogP contribution in [0.4, 0.5) is 5.69 Å². The van der Waals surface area contributed by atoms with Crippen LogP contribution in [0.25, 0.3) is 0 Å². The van der Waals surface area contributed by atoms with Gasteiger partial charge in [0.2, 0.25) is 10.0 Å². The van der Waals surface area contributed by atoms with Crippen LogP contribution in [0.3, 0.4) is 0 Å². The molecule has 1 aromatic heterocycles. The summed E-state index contributed by atoms with van der Waals surface area (Å²) >= 11 is 1.35. The van der Waals surface area contributed by atoms with Crippen molar-refractivity contribution in [3.05, 3.63) is 40.3 Å². The first-order valence-corrected chi connectivity index (χ1v) is 9.58. The molecule has 0 aliphatic carbocycles. The van der Waals surface area contributed by atoms with Crippen LogP contribution >= 0.6 is 11.3 Å². The summed E-state index contributed by atoms with van der Waals surface area (Å²) in [4.78, 5) is 17.3. The third kappa shape index (κ3) is 4.00. The minimum absolute atomic E-state index is 0.106. The zero-order valence-corrected chi connectivity index (χ0v) is 16.0. The zero-order chi connectivity index (χ0) is 18.1. The van der Waals surface area contributed by atoms with E-state index in [0.29, 0.717) is 10.6 Å². The molecule has 0 saturated carbocycles. The molecule has 0 radical (unpaired) electrons. The number of sulfonamides is 1. The van der Waals surface area contributed by atoms with E-state index in [1.54, 1.807) is 18.3 Å². The fourth-order valence-corrected chi connectivity index (χ4v) is 3.61. The maximum atomic E-state index is 12.3. The fraction of sp³-hybridized carbons (Fsp3) is 0.375. The highest BCUT2D eigenvalue weighted by molar-refractivity contribution is 7.89. The van der Waals surface area contributed by atoms with E-state index >= 15 is 0 Å². The number of hydrogen-bond donors (Lipinski definition) is 1. The number of nitrogens with one attached hydrogen (secondary N) is 1. The number of rotatable bonds is 4. The molecule has 6 nitrogen and oxygen atoms in total. The Morgan fingerprint density at radius 3 is 2.21 bits per heavy atom. The van der Waals surface area contributed by atoms with Crippen molar-refractivity contribution in [3.8, 4) is 0 Å². The third-order valence-corrected chi connectivity index (χ3v) is 6.51. The highest BCUT2D eigenvalue weighted by Gasteiger charge is 2.21. The molecule has 1 heterocycles. The molecule has 0 bridgehead atoms. The Kier molecular flexibility index (Phi) is 5.12. The first-order valence-electron chi connectivity index (χ1n) is 7.32. The Labute approximate surface area is 146 Å². The Morgan fingerprint density at radius 1 is 1.17 bits per heavy atom. The van der Waals surface area contributed by atoms with Crippen molar-refractivity contribution in [2.24, 2.45) is 0 Å². The third-order valence-electron chi connectivity index (χ3n) is 3.26. The zero-order valence-electron chi connectivity index (χ0n) is 14.3. The topological polar surface area (TPSA) is 79.4 Å². The van der Waals surface area contributed by atoms with Crippen molar-refractivity contribution in [1.82, 2.24) is 9.29 Å². The standard InChI is InChI=1S/C16H21N3O3S2/c1-16(2,3)15-17-10-13(23-15)14(20)18-11-6-8-12(9-7-11)24(21,22)19(4)5/h6-10H,1-5H3,(H,18,20). The van der Waals surface area contributed by atoms with Gasteiger partial charge in [0.15, 0.2) is 0 Å². The number of hydrogen-bond acceptors (Lipinski definition) is 5. The molecule has 24 heavy (non-hydrogen) atoms. The number of nitrogens with zero attached hydrogens (tertiary/aromatic N) is 2. The number of carbonyl (C=O) groups excluding carboxylic acids is 1. The molecule has 1 aromatic carbocycles. The Bertz CT molecular complexity index is 832. The maximum Gasteiger partial charge on any atom is 0.267 e. The molecule has 0 aliphatic heterocycles. The summed E-state index contributed by atoms with van der Waals surface area (Å²) in [5.41, 5.74) is 0.425. The van der Waals surface area contributed by atoms with E-state index in [1.165, 1.54) is 37.6 Å². The second kappa shape index (κ2) is 6.62. The number of anilines is 1. The van der Waals surface area contributed by atoms with Crippen LogP contribution in [0, 0.1) is 0 Å². The van der Waals surface area contributed by atoms with Gasteiger partial charge in [-0.05, 0) is 24.3 Å². The molecule has 0 aliphatic rings. The molecule has 2 aromatic rings. The highest BCUT2D eigenvalue weighted by Crippen LogP contribution is 2.27. The van der Waals surface area contributed by atoms with Gasteiger partial charge in [0, 0.05) is 25.2 Å². The normalized spacial score (nSPS) is 12.4. The van der Waals surface area contributed by atoms with Gasteiger partial charge in [-0.15, -0.1) is 11.3 Å². The number of carbonyl (C=O) groups is 1. The van der Waals surface area contributed by atoms with Crippen LogP contribution in [-0.2, 0) is 15.4 Å². The first-order chi connectivity index (χ1) is 11.0. The lowest BCUT2D eigenvalue weighted by atomic mass is 9.98.